The molecule has 0 aliphatic carbocycles. The molecule has 0 aliphatic rings. The molecule has 348 valence electrons. The van der Waals surface area contributed by atoms with Crippen LogP contribution in [0.3, 0.4) is 0 Å². The van der Waals surface area contributed by atoms with Gasteiger partial charge in [0.2, 0.25) is 5.91 Å². The van der Waals surface area contributed by atoms with Crippen LogP contribution in [-0.2, 0) is 14.4 Å². The largest absolute Gasteiger partial charge is 0.460 e. The van der Waals surface area contributed by atoms with E-state index in [1.54, 1.807) is 0 Å². The Morgan fingerprint density at radius 1 is 0.373 bits per heavy atom. The lowest BCUT2D eigenvalue weighted by Gasteiger charge is -2.41. The Balaban J connectivity index is 6.23. The number of carbonyl (C=O) groups excluding carboxylic acids is 3. The first-order chi connectivity index (χ1) is 25.4. The summed E-state index contributed by atoms with van der Waals surface area (Å²) < 4.78 is 398. The molecule has 6 nitrogen and oxygen atoms in total. The van der Waals surface area contributed by atoms with Gasteiger partial charge in [-0.05, 0) is 6.08 Å². The second-order valence-electron chi connectivity index (χ2n) is 10.9. The maximum absolute atomic E-state index is 14.0. The molecule has 0 heterocycles. The van der Waals surface area contributed by atoms with Gasteiger partial charge in [-0.2, -0.15) is 132 Å². The molecule has 0 bridgehead atoms. The predicted molar refractivity (Wildman–Crippen MR) is 124 cm³/mol. The highest BCUT2D eigenvalue weighted by Crippen LogP contribution is 2.64. The quantitative estimate of drug-likeness (QED) is 0.102. The second-order valence-corrected chi connectivity index (χ2v) is 10.9. The number of halogens is 30. The molecule has 0 unspecified atom stereocenters. The zero-order valence-corrected chi connectivity index (χ0v) is 26.6. The number of hydrogen-bond donors (Lipinski definition) is 2. The van der Waals surface area contributed by atoms with Crippen molar-refractivity contribution >= 4 is 17.7 Å². The minimum atomic E-state index is -8.83. The van der Waals surface area contributed by atoms with E-state index in [2.05, 4.69) is 6.58 Å². The molecular formula is C23H13F30N3O3. The Hall–Kier alpha value is -3.95. The van der Waals surface area contributed by atoms with Crippen molar-refractivity contribution in [2.75, 3.05) is 26.2 Å². The molecule has 0 spiro atoms. The van der Waals surface area contributed by atoms with E-state index in [4.69, 9.17) is 0 Å². The van der Waals surface area contributed by atoms with Crippen LogP contribution in [0.2, 0.25) is 0 Å². The van der Waals surface area contributed by atoms with E-state index in [1.165, 1.54) is 0 Å². The zero-order chi connectivity index (χ0) is 48.3. The number of alkyl halides is 30. The summed E-state index contributed by atoms with van der Waals surface area (Å²) >= 11 is 0. The van der Waals surface area contributed by atoms with Gasteiger partial charge in [0, 0.05) is 26.2 Å². The van der Waals surface area contributed by atoms with Gasteiger partial charge in [-0.3, -0.25) is 14.4 Å². The fourth-order valence-corrected chi connectivity index (χ4v) is 3.51. The smallest absolute Gasteiger partial charge is 0.349 e. The fraction of sp³-hybridized carbons (Fsp3) is 0.783. The molecule has 0 rings (SSSR count). The first-order valence-electron chi connectivity index (χ1n) is 13.5. The summed E-state index contributed by atoms with van der Waals surface area (Å²) in [7, 11) is 0. The Labute approximate surface area is 302 Å². The van der Waals surface area contributed by atoms with E-state index in [0.29, 0.717) is 10.6 Å². The summed E-state index contributed by atoms with van der Waals surface area (Å²) in [5.41, 5.74) is 0. The van der Waals surface area contributed by atoms with Crippen LogP contribution < -0.4 is 10.6 Å². The highest BCUT2D eigenvalue weighted by molar-refractivity contribution is 5.88. The Morgan fingerprint density at radius 3 is 0.780 bits per heavy atom. The van der Waals surface area contributed by atoms with E-state index in [-0.39, 0.29) is 11.0 Å². The summed E-state index contributed by atoms with van der Waals surface area (Å²) in [6.45, 7) is -4.94. The van der Waals surface area contributed by atoms with E-state index >= 15 is 0 Å². The molecule has 0 fully saturated rings. The summed E-state index contributed by atoms with van der Waals surface area (Å²) in [4.78, 5) is 34.5. The lowest BCUT2D eigenvalue weighted by atomic mass is 9.91. The molecule has 59 heavy (non-hydrogen) atoms. The maximum Gasteiger partial charge on any atom is 0.460 e. The number of nitrogens with zero attached hydrogens (tertiary/aromatic N) is 1. The third kappa shape index (κ3) is 8.15. The van der Waals surface area contributed by atoms with Gasteiger partial charge >= 0.3 is 83.4 Å². The van der Waals surface area contributed by atoms with Gasteiger partial charge in [-0.15, -0.1) is 0 Å². The number of carbonyl (C=O) groups is 3. The molecule has 0 aliphatic heterocycles. The predicted octanol–water partition coefficient (Wildman–Crippen LogP) is 7.98. The van der Waals surface area contributed by atoms with Crippen molar-refractivity contribution in [2.24, 2.45) is 0 Å². The second kappa shape index (κ2) is 15.5. The minimum absolute atomic E-state index is 0.0196. The van der Waals surface area contributed by atoms with E-state index in [1.807, 2.05) is 0 Å². The number of nitrogens with one attached hydrogen (secondary N) is 2. The monoisotopic (exact) mass is 949 g/mol. The normalized spacial score (nSPS) is 15.5. The van der Waals surface area contributed by atoms with Crippen LogP contribution in [0.5, 0.6) is 0 Å². The van der Waals surface area contributed by atoms with Crippen molar-refractivity contribution in [1.82, 2.24) is 15.5 Å². The molecule has 0 atom stereocenters. The lowest BCUT2D eigenvalue weighted by molar-refractivity contribution is -0.449. The Bertz CT molecular complexity index is 1460. The molecule has 0 aromatic carbocycles. The first-order valence-corrected chi connectivity index (χ1v) is 13.5. The zero-order valence-electron chi connectivity index (χ0n) is 26.6. The maximum atomic E-state index is 14.0. The van der Waals surface area contributed by atoms with E-state index in [9.17, 15) is 146 Å². The standard InChI is InChI=1S/C23H13F30N3O3/c1-2-7(57)56(5-3-54-8(58)10(24,25)12(28,29)14(32,33)16(36,37)18(40,41)20(44,45)22(48,49)50)6-4-55-9(59)11(26,27)13(30,31)15(34,35)17(38,39)19(42,43)21(46,47)23(51,52)53/h2H,1,3-6H2,(H,54,58)(H,55,59). The van der Waals surface area contributed by atoms with E-state index in [0.717, 1.165) is 0 Å². The van der Waals surface area contributed by atoms with Crippen LogP contribution in [-0.4, -0.2) is 132 Å². The van der Waals surface area contributed by atoms with Crippen LogP contribution >= 0.6 is 0 Å². The van der Waals surface area contributed by atoms with Gasteiger partial charge < -0.3 is 15.5 Å². The molecule has 36 heteroatoms. The van der Waals surface area contributed by atoms with E-state index < -0.39 is 127 Å². The van der Waals surface area contributed by atoms with Gasteiger partial charge in [0.05, 0.1) is 0 Å². The third-order valence-electron chi connectivity index (χ3n) is 7.05. The molecule has 2 N–H and O–H groups in total. The van der Waals surface area contributed by atoms with Crippen molar-refractivity contribution in [1.29, 1.82) is 0 Å². The minimum Gasteiger partial charge on any atom is -0.349 e. The summed E-state index contributed by atoms with van der Waals surface area (Å²) in [5.74, 6) is -111. The van der Waals surface area contributed by atoms with Crippen molar-refractivity contribution in [3.8, 4) is 0 Å². The molecule has 0 radical (unpaired) electrons. The topological polar surface area (TPSA) is 78.5 Å². The fourth-order valence-electron chi connectivity index (χ4n) is 3.51. The average molecular weight is 949 g/mol. The van der Waals surface area contributed by atoms with Crippen molar-refractivity contribution < 1.29 is 146 Å². The summed E-state index contributed by atoms with van der Waals surface area (Å²) in [6, 6.07) is 0. The molecule has 0 saturated carbocycles. The molecular weight excluding hydrogens is 936 g/mol. The SMILES string of the molecule is C=CC(=O)N(CCNC(=O)C(F)(F)C(F)(F)C(F)(F)C(F)(F)C(F)(F)C(F)(F)C(F)(F)F)CCNC(=O)C(F)(F)C(F)(F)C(F)(F)C(F)(F)C(F)(F)C(F)(F)C(F)(F)F. The lowest BCUT2D eigenvalue weighted by Crippen LogP contribution is -2.74. The van der Waals surface area contributed by atoms with Crippen LogP contribution in [0.15, 0.2) is 12.7 Å². The Kier molecular flexibility index (Phi) is 14.5. The summed E-state index contributed by atoms with van der Waals surface area (Å²) in [6.07, 6.45) is -16.0. The molecule has 0 aromatic heterocycles. The van der Waals surface area contributed by atoms with Crippen LogP contribution in [0.25, 0.3) is 0 Å². The van der Waals surface area contributed by atoms with Crippen molar-refractivity contribution in [2.45, 2.75) is 83.4 Å². The Morgan fingerprint density at radius 2 is 0.576 bits per heavy atom. The number of hydrogen-bond acceptors (Lipinski definition) is 3. The highest BCUT2D eigenvalue weighted by atomic mass is 19.4. The van der Waals surface area contributed by atoms with Gasteiger partial charge in [-0.1, -0.05) is 6.58 Å². The number of amides is 3. The summed E-state index contributed by atoms with van der Waals surface area (Å²) in [5, 5.41) is 0.649. The van der Waals surface area contributed by atoms with Crippen LogP contribution in [0.1, 0.15) is 0 Å². The van der Waals surface area contributed by atoms with Gasteiger partial charge in [0.1, 0.15) is 0 Å². The van der Waals surface area contributed by atoms with Gasteiger partial charge in [0.25, 0.3) is 11.8 Å². The number of rotatable bonds is 19. The average Bonchev–Trinajstić information content (AvgIpc) is 3.04. The molecule has 0 saturated heterocycles. The highest BCUT2D eigenvalue weighted by Gasteiger charge is 2.95. The van der Waals surface area contributed by atoms with Crippen molar-refractivity contribution in [3.63, 3.8) is 0 Å². The van der Waals surface area contributed by atoms with Crippen LogP contribution in [0.4, 0.5) is 132 Å². The van der Waals surface area contributed by atoms with Gasteiger partial charge in [0.15, 0.2) is 0 Å². The molecule has 3 amide bonds. The first kappa shape index (κ1) is 55.1. The van der Waals surface area contributed by atoms with Crippen LogP contribution in [0, 0.1) is 0 Å². The molecule has 0 aromatic rings. The third-order valence-corrected chi connectivity index (χ3v) is 7.05. The van der Waals surface area contributed by atoms with Gasteiger partial charge in [-0.25, -0.2) is 0 Å². The van der Waals surface area contributed by atoms with Crippen molar-refractivity contribution in [3.05, 3.63) is 12.7 Å².